The van der Waals surface area contributed by atoms with Gasteiger partial charge in [-0.2, -0.15) is 0 Å². The molecule has 0 saturated carbocycles. The molecule has 6 nitrogen and oxygen atoms in total. The quantitative estimate of drug-likeness (QED) is 0.147. The molecule has 43 heavy (non-hydrogen) atoms. The molecule has 0 aromatic heterocycles. The van der Waals surface area contributed by atoms with Crippen LogP contribution in [0.5, 0.6) is 17.2 Å². The van der Waals surface area contributed by atoms with E-state index in [0.717, 1.165) is 37.7 Å². The number of aryl methyl sites for hydroxylation is 1. The summed E-state index contributed by atoms with van der Waals surface area (Å²) < 4.78 is 38.9. The molecule has 1 unspecified atom stereocenters. The van der Waals surface area contributed by atoms with E-state index in [1.807, 2.05) is 0 Å². The van der Waals surface area contributed by atoms with Gasteiger partial charge in [0.25, 0.3) is 0 Å². The van der Waals surface area contributed by atoms with Crippen LogP contribution in [0.25, 0.3) is 0 Å². The Bertz CT molecular complexity index is 972. The van der Waals surface area contributed by atoms with Gasteiger partial charge in [-0.25, -0.2) is 0 Å². The Hall–Kier alpha value is -1.50. The Morgan fingerprint density at radius 3 is 1.35 bits per heavy atom. The minimum Gasteiger partial charge on any atom is -0.484 e. The van der Waals surface area contributed by atoms with E-state index in [1.165, 1.54) is 0 Å². The molecular formula is C37H68O6. The molecule has 1 aromatic rings. The van der Waals surface area contributed by atoms with E-state index < -0.39 is 16.8 Å². The molecule has 1 rings (SSSR count). The maximum absolute atomic E-state index is 6.87. The van der Waals surface area contributed by atoms with Gasteiger partial charge in [0.05, 0.1) is 36.6 Å². The van der Waals surface area contributed by atoms with Crippen LogP contribution in [0.15, 0.2) is 12.1 Å². The lowest BCUT2D eigenvalue weighted by Gasteiger charge is -2.36. The van der Waals surface area contributed by atoms with Gasteiger partial charge >= 0.3 is 0 Å². The molecule has 0 radical (unpaired) electrons. The van der Waals surface area contributed by atoms with E-state index in [4.69, 9.17) is 28.4 Å². The van der Waals surface area contributed by atoms with Crippen molar-refractivity contribution >= 4 is 0 Å². The van der Waals surface area contributed by atoms with E-state index in [0.29, 0.717) is 43.5 Å². The van der Waals surface area contributed by atoms with Crippen molar-refractivity contribution in [2.24, 2.45) is 0 Å². The van der Waals surface area contributed by atoms with Crippen molar-refractivity contribution in [1.29, 1.82) is 0 Å². The molecule has 0 fully saturated rings. The van der Waals surface area contributed by atoms with Gasteiger partial charge in [-0.15, -0.1) is 0 Å². The van der Waals surface area contributed by atoms with Crippen LogP contribution in [0, 0.1) is 6.92 Å². The highest BCUT2D eigenvalue weighted by Gasteiger charge is 2.33. The summed E-state index contributed by atoms with van der Waals surface area (Å²) >= 11 is 0. The van der Waals surface area contributed by atoms with Crippen LogP contribution in [0.1, 0.15) is 148 Å². The van der Waals surface area contributed by atoms with E-state index >= 15 is 0 Å². The second-order valence-corrected chi connectivity index (χ2v) is 15.9. The van der Waals surface area contributed by atoms with Gasteiger partial charge in [0, 0.05) is 19.3 Å². The van der Waals surface area contributed by atoms with Crippen LogP contribution in [0.4, 0.5) is 0 Å². The van der Waals surface area contributed by atoms with Gasteiger partial charge in [0.15, 0.2) is 11.5 Å². The van der Waals surface area contributed by atoms with Crippen molar-refractivity contribution in [2.45, 2.75) is 183 Å². The second-order valence-electron chi connectivity index (χ2n) is 15.9. The van der Waals surface area contributed by atoms with E-state index in [1.54, 1.807) is 0 Å². The minimum atomic E-state index is -0.522. The summed E-state index contributed by atoms with van der Waals surface area (Å²) in [5.41, 5.74) is -0.929. The molecule has 1 aromatic carbocycles. The van der Waals surface area contributed by atoms with Gasteiger partial charge < -0.3 is 28.4 Å². The molecule has 0 bridgehead atoms. The number of hydrogen-bond donors (Lipinski definition) is 0. The van der Waals surface area contributed by atoms with Crippen LogP contribution in [-0.4, -0.2) is 53.4 Å². The summed E-state index contributed by atoms with van der Waals surface area (Å²) in [6.07, 6.45) is 4.94. The Morgan fingerprint density at radius 2 is 0.907 bits per heavy atom. The maximum atomic E-state index is 6.87. The van der Waals surface area contributed by atoms with Crippen LogP contribution in [-0.2, 0) is 14.2 Å². The summed E-state index contributed by atoms with van der Waals surface area (Å²) in [5.74, 6) is 2.00. The second kappa shape index (κ2) is 15.7. The lowest BCUT2D eigenvalue weighted by atomic mass is 9.98. The van der Waals surface area contributed by atoms with Crippen molar-refractivity contribution in [3.05, 3.63) is 17.7 Å². The molecule has 0 aliphatic rings. The highest BCUT2D eigenvalue weighted by molar-refractivity contribution is 5.54. The summed E-state index contributed by atoms with van der Waals surface area (Å²) in [5, 5.41) is 0. The SMILES string of the molecule is CCC(C)(C)OCCC(C)(C)Oc1cc(C)cc(OC(C)(CC)CCOC(C)(C)CC)c1OC(C)(C)CCOC(C)(C)C. The summed E-state index contributed by atoms with van der Waals surface area (Å²) in [4.78, 5) is 0. The number of benzene rings is 1. The summed E-state index contributed by atoms with van der Waals surface area (Å²) in [7, 11) is 0. The molecule has 1 atom stereocenters. The fourth-order valence-electron chi connectivity index (χ4n) is 4.12. The number of rotatable bonds is 20. The maximum Gasteiger partial charge on any atom is 0.204 e. The molecule has 0 saturated heterocycles. The average molecular weight is 609 g/mol. The number of ether oxygens (including phenoxy) is 6. The first-order valence-corrected chi connectivity index (χ1v) is 16.6. The predicted molar refractivity (Wildman–Crippen MR) is 180 cm³/mol. The molecule has 0 amide bonds. The van der Waals surface area contributed by atoms with Gasteiger partial charge in [0.2, 0.25) is 5.75 Å². The lowest BCUT2D eigenvalue weighted by molar-refractivity contribution is -0.0499. The van der Waals surface area contributed by atoms with Crippen LogP contribution in [0.3, 0.4) is 0 Å². The molecule has 0 spiro atoms. The molecule has 252 valence electrons. The first-order valence-electron chi connectivity index (χ1n) is 16.6. The summed E-state index contributed by atoms with van der Waals surface area (Å²) in [6.45, 7) is 35.6. The van der Waals surface area contributed by atoms with Gasteiger partial charge in [-0.3, -0.25) is 0 Å². The average Bonchev–Trinajstić information content (AvgIpc) is 2.84. The first kappa shape index (κ1) is 39.5. The zero-order valence-electron chi connectivity index (χ0n) is 31.0. The molecule has 6 heteroatoms. The van der Waals surface area contributed by atoms with Crippen LogP contribution < -0.4 is 14.2 Å². The third kappa shape index (κ3) is 15.4. The van der Waals surface area contributed by atoms with Crippen molar-refractivity contribution in [2.75, 3.05) is 19.8 Å². The van der Waals surface area contributed by atoms with Gasteiger partial charge in [0.1, 0.15) is 16.8 Å². The normalized spacial score (nSPS) is 14.9. The molecule has 0 aliphatic carbocycles. The third-order valence-corrected chi connectivity index (χ3v) is 8.30. The Morgan fingerprint density at radius 1 is 0.488 bits per heavy atom. The predicted octanol–water partition coefficient (Wildman–Crippen LogP) is 10.3. The van der Waals surface area contributed by atoms with E-state index in [9.17, 15) is 0 Å². The smallest absolute Gasteiger partial charge is 0.204 e. The summed E-state index contributed by atoms with van der Waals surface area (Å²) in [6, 6.07) is 4.12. The van der Waals surface area contributed by atoms with Gasteiger partial charge in [-0.1, -0.05) is 20.8 Å². The lowest BCUT2D eigenvalue weighted by Crippen LogP contribution is -2.37. The van der Waals surface area contributed by atoms with Crippen molar-refractivity contribution in [3.63, 3.8) is 0 Å². The third-order valence-electron chi connectivity index (χ3n) is 8.30. The van der Waals surface area contributed by atoms with Crippen LogP contribution >= 0.6 is 0 Å². The topological polar surface area (TPSA) is 55.4 Å². The van der Waals surface area contributed by atoms with Crippen molar-refractivity contribution < 1.29 is 28.4 Å². The monoisotopic (exact) mass is 609 g/mol. The van der Waals surface area contributed by atoms with E-state index in [-0.39, 0.29) is 16.8 Å². The molecular weight excluding hydrogens is 540 g/mol. The fraction of sp³-hybridized carbons (Fsp3) is 0.838. The zero-order valence-corrected chi connectivity index (χ0v) is 31.0. The Balaban J connectivity index is 3.41. The minimum absolute atomic E-state index is 0.158. The van der Waals surface area contributed by atoms with Crippen LogP contribution in [0.2, 0.25) is 0 Å². The highest BCUT2D eigenvalue weighted by atomic mass is 16.6. The zero-order chi connectivity index (χ0) is 33.3. The Labute approximate surface area is 265 Å². The standard InChI is InChI=1S/C37H68O6/c1-17-33(8,9)39-24-21-35(12,13)41-29-26-28(4)27-30(31(29)43-36(14,15)20-23-38-32(5,6)7)42-37(16,19-3)22-25-40-34(10,11)18-2/h26-27H,17-25H2,1-16H3. The largest absolute Gasteiger partial charge is 0.484 e. The van der Waals surface area contributed by atoms with Gasteiger partial charge in [-0.05, 0) is 127 Å². The fourth-order valence-corrected chi connectivity index (χ4v) is 4.12. The van der Waals surface area contributed by atoms with Crippen molar-refractivity contribution in [3.8, 4) is 17.2 Å². The highest BCUT2D eigenvalue weighted by Crippen LogP contribution is 2.45. The molecule has 0 N–H and O–H groups in total. The Kier molecular flexibility index (Phi) is 14.4. The number of hydrogen-bond acceptors (Lipinski definition) is 6. The molecule has 0 aliphatic heterocycles. The van der Waals surface area contributed by atoms with Crippen molar-refractivity contribution in [1.82, 2.24) is 0 Å². The van der Waals surface area contributed by atoms with E-state index in [2.05, 4.69) is 123 Å². The molecule has 0 heterocycles. The first-order chi connectivity index (χ1) is 19.5.